The molecule has 0 amide bonds. The van der Waals surface area contributed by atoms with Crippen molar-refractivity contribution in [1.82, 2.24) is 17.9 Å². The molecule has 107 heavy (non-hydrogen) atoms. The van der Waals surface area contributed by atoms with Crippen molar-refractivity contribution in [3.63, 3.8) is 0 Å². The number of unbranched alkanes of at least 4 members (excludes halogenated alkanes) is 6. The molecule has 18 aromatic rings. The molecule has 0 spiro atoms. The Morgan fingerprint density at radius 3 is 0.738 bits per heavy atom. The predicted molar refractivity (Wildman–Crippen MR) is 457 cm³/mol. The fourth-order valence-corrected chi connectivity index (χ4v) is 17.9. The van der Waals surface area contributed by atoms with E-state index in [1.807, 2.05) is 0 Å². The minimum Gasteiger partial charge on any atom is -0.340 e. The van der Waals surface area contributed by atoms with E-state index in [0.29, 0.717) is 0 Å². The Morgan fingerprint density at radius 2 is 0.458 bits per heavy atom. The van der Waals surface area contributed by atoms with E-state index >= 15 is 0 Å². The molecular weight excluding hydrogens is 1310 g/mol. The first kappa shape index (κ1) is 66.7. The van der Waals surface area contributed by atoms with E-state index in [1.165, 1.54) is 93.9 Å². The third kappa shape index (κ3) is 12.2. The molecule has 0 aliphatic carbocycles. The van der Waals surface area contributed by atoms with E-state index in [9.17, 15) is 0 Å². The quantitative estimate of drug-likeness (QED) is 0.0634. The van der Waals surface area contributed by atoms with Crippen LogP contribution in [0.1, 0.15) is 65.2 Å². The van der Waals surface area contributed by atoms with Gasteiger partial charge in [-0.15, -0.1) is 0 Å². The molecule has 0 aliphatic rings. The van der Waals surface area contributed by atoms with Crippen LogP contribution in [0, 0.1) is 0 Å². The van der Waals surface area contributed by atoms with Gasteiger partial charge in [0.2, 0.25) is 0 Å². The fraction of sp³-hybridized carbons (Fsp3) is 0.118. The Kier molecular flexibility index (Phi) is 18.5. The van der Waals surface area contributed by atoms with Gasteiger partial charge in [-0.3, -0.25) is 0 Å². The lowest BCUT2D eigenvalue weighted by molar-refractivity contribution is 0.602. The third-order valence-electron chi connectivity index (χ3n) is 22.0. The molecule has 0 saturated carbocycles. The van der Waals surface area contributed by atoms with E-state index < -0.39 is 0 Å². The molecule has 0 saturated heterocycles. The Hall–Kier alpha value is -12.3. The second-order valence-electron chi connectivity index (χ2n) is 28.5. The first-order chi connectivity index (χ1) is 53.1. The Morgan fingerprint density at radius 1 is 0.215 bits per heavy atom. The number of hydrogen-bond donors (Lipinski definition) is 0. The number of nitrogens with zero attached hydrogens (tertiary/aromatic N) is 4. The molecule has 15 aromatic carbocycles. The van der Waals surface area contributed by atoms with Crippen LogP contribution in [0.4, 0.5) is 0 Å². The minimum atomic E-state index is 0.836. The van der Waals surface area contributed by atoms with Crippen LogP contribution in [0.3, 0.4) is 0 Å². The molecule has 0 unspecified atom stereocenters. The lowest BCUT2D eigenvalue weighted by Gasteiger charge is -2.30. The number of aromatic nitrogens is 4. The van der Waals surface area contributed by atoms with Crippen LogP contribution in [0.15, 0.2) is 340 Å². The average Bonchev–Trinajstić information content (AvgIpc) is 1.48. The summed E-state index contributed by atoms with van der Waals surface area (Å²) in [6.45, 7) is 6.50. The highest BCUT2D eigenvalue weighted by Crippen LogP contribution is 2.61. The highest BCUT2D eigenvalue weighted by molar-refractivity contribution is 7.00. The van der Waals surface area contributed by atoms with Crippen molar-refractivity contribution in [3.05, 3.63) is 340 Å². The van der Waals surface area contributed by atoms with Gasteiger partial charge >= 0.3 is 0 Å². The van der Waals surface area contributed by atoms with Gasteiger partial charge in [-0.2, -0.15) is 8.75 Å². The maximum atomic E-state index is 5.74. The third-order valence-corrected chi connectivity index (χ3v) is 22.6. The summed E-state index contributed by atoms with van der Waals surface area (Å²) in [5.74, 6) is 0. The largest absolute Gasteiger partial charge is 0.340 e. The van der Waals surface area contributed by atoms with Crippen LogP contribution >= 0.6 is 11.7 Å². The molecule has 0 radical (unpaired) electrons. The van der Waals surface area contributed by atoms with Crippen molar-refractivity contribution in [2.45, 2.75) is 78.3 Å². The molecule has 3 aromatic heterocycles. The van der Waals surface area contributed by atoms with E-state index in [1.54, 1.807) is 0 Å². The number of fused-ring (bicyclic) bond motifs is 7. The van der Waals surface area contributed by atoms with Gasteiger partial charge in [-0.25, -0.2) is 0 Å². The van der Waals surface area contributed by atoms with Gasteiger partial charge in [0.1, 0.15) is 11.0 Å². The molecule has 0 bridgehead atoms. The fourth-order valence-electron chi connectivity index (χ4n) is 17.3. The standard InChI is InChI=1S/C102H82N4S/c1-3-5-7-37-65-105-85-57-35-33-55-79(85)83-67-77(59-63-87(83)105)97-93(73-47-25-13-26-48-73)89(69-39-17-9-18-40-69)91(71-43-21-11-22-44-71)95(75-51-29-15-30-52-75)99(97)81-61-62-82(102-101(81)103-107-104-102)100-96(76-53-31-16-32-54-76)92(72-45-23-12-24-46-72)90(70-41-19-10-20-42-70)94(74-49-27-14-28-50-74)98(100)78-60-64-88-84(68-78)80-56-34-36-58-86(80)106(88)66-38-8-6-4-2/h9-36,39-64,67-68H,3-8,37-38,65-66H2,1-2H3. The second-order valence-corrected chi connectivity index (χ2v) is 29.0. The van der Waals surface area contributed by atoms with E-state index in [4.69, 9.17) is 8.75 Å². The Balaban J connectivity index is 1.02. The number of aryl methyl sites for hydroxylation is 2. The highest BCUT2D eigenvalue weighted by Gasteiger charge is 2.35. The molecule has 4 nitrogen and oxygen atoms in total. The monoisotopic (exact) mass is 1390 g/mol. The van der Waals surface area contributed by atoms with Crippen molar-refractivity contribution in [3.8, 4) is 134 Å². The first-order valence-electron chi connectivity index (χ1n) is 38.3. The predicted octanol–water partition coefficient (Wildman–Crippen LogP) is 29.1. The maximum absolute atomic E-state index is 5.74. The zero-order chi connectivity index (χ0) is 71.6. The topological polar surface area (TPSA) is 35.6 Å². The van der Waals surface area contributed by atoms with Crippen LogP contribution in [-0.4, -0.2) is 17.9 Å². The smallest absolute Gasteiger partial charge is 0.113 e. The molecule has 18 rings (SSSR count). The summed E-state index contributed by atoms with van der Waals surface area (Å²) in [6.07, 6.45) is 9.47. The molecule has 5 heteroatoms. The zero-order valence-electron chi connectivity index (χ0n) is 60.6. The molecule has 3 heterocycles. The lowest BCUT2D eigenvalue weighted by atomic mass is 9.72. The van der Waals surface area contributed by atoms with Gasteiger partial charge in [-0.05, 0) is 161 Å². The van der Waals surface area contributed by atoms with Crippen LogP contribution < -0.4 is 0 Å². The summed E-state index contributed by atoms with van der Waals surface area (Å²) in [4.78, 5) is 0. The van der Waals surface area contributed by atoms with Gasteiger partial charge < -0.3 is 9.13 Å². The van der Waals surface area contributed by atoms with Gasteiger partial charge in [-0.1, -0.05) is 356 Å². The van der Waals surface area contributed by atoms with Crippen molar-refractivity contribution < 1.29 is 0 Å². The summed E-state index contributed by atoms with van der Waals surface area (Å²) >= 11 is 1.30. The summed E-state index contributed by atoms with van der Waals surface area (Å²) in [6, 6.07) is 127. The number of para-hydroxylation sites is 2. The van der Waals surface area contributed by atoms with Crippen LogP contribution in [0.2, 0.25) is 0 Å². The second kappa shape index (κ2) is 29.7. The molecule has 0 fully saturated rings. The van der Waals surface area contributed by atoms with Crippen LogP contribution in [0.25, 0.3) is 188 Å². The van der Waals surface area contributed by atoms with Gasteiger partial charge in [0, 0.05) is 79.0 Å². The minimum absolute atomic E-state index is 0.836. The molecule has 0 atom stereocenters. The maximum Gasteiger partial charge on any atom is 0.113 e. The molecular formula is C102H82N4S. The lowest BCUT2D eigenvalue weighted by Crippen LogP contribution is -2.04. The summed E-state index contributed by atoms with van der Waals surface area (Å²) < 4.78 is 16.6. The van der Waals surface area contributed by atoms with E-state index in [2.05, 4.69) is 363 Å². The number of rotatable bonds is 22. The Bertz CT molecular complexity index is 5840. The van der Waals surface area contributed by atoms with Crippen molar-refractivity contribution in [1.29, 1.82) is 0 Å². The highest BCUT2D eigenvalue weighted by atomic mass is 32.1. The van der Waals surface area contributed by atoms with Gasteiger partial charge in [0.25, 0.3) is 0 Å². The first-order valence-corrected chi connectivity index (χ1v) is 39.1. The average molecular weight is 1400 g/mol. The number of benzene rings is 15. The van der Waals surface area contributed by atoms with Crippen molar-refractivity contribution >= 4 is 66.4 Å². The summed E-state index contributed by atoms with van der Waals surface area (Å²) in [5, 5.41) is 4.99. The molecule has 516 valence electrons. The molecule has 0 aliphatic heterocycles. The van der Waals surface area contributed by atoms with Gasteiger partial charge in [0.15, 0.2) is 0 Å². The van der Waals surface area contributed by atoms with Gasteiger partial charge in [0.05, 0.1) is 11.7 Å². The van der Waals surface area contributed by atoms with Crippen LogP contribution in [-0.2, 0) is 13.1 Å². The normalized spacial score (nSPS) is 11.6. The van der Waals surface area contributed by atoms with E-state index in [-0.39, 0.29) is 0 Å². The van der Waals surface area contributed by atoms with Crippen molar-refractivity contribution in [2.75, 3.05) is 0 Å². The Labute approximate surface area is 631 Å². The SMILES string of the molecule is CCCCCCn1c2ccccc2c2cc(-c3c(-c4ccccc4)c(-c4ccccc4)c(-c4ccccc4)c(-c4ccccc4)c3-c3ccc(-c4c(-c5ccccc5)c(-c5ccccc5)c(-c5ccccc5)c(-c5ccccc5)c4-c4ccc5c(c4)c4ccccc4n5CCCCCC)c4nsnc34)ccc21. The van der Waals surface area contributed by atoms with E-state index in [0.717, 1.165) is 170 Å². The zero-order valence-corrected chi connectivity index (χ0v) is 61.4. The summed E-state index contributed by atoms with van der Waals surface area (Å²) in [7, 11) is 0. The molecule has 0 N–H and O–H groups in total. The summed E-state index contributed by atoms with van der Waals surface area (Å²) in [5.41, 5.74) is 33.5. The van der Waals surface area contributed by atoms with Crippen molar-refractivity contribution in [2.24, 2.45) is 0 Å². The van der Waals surface area contributed by atoms with Crippen LogP contribution in [0.5, 0.6) is 0 Å². The number of hydrogen-bond acceptors (Lipinski definition) is 3.